The van der Waals surface area contributed by atoms with Crippen LogP contribution >= 0.6 is 0 Å². The van der Waals surface area contributed by atoms with Crippen molar-refractivity contribution in [3.8, 4) is 0 Å². The van der Waals surface area contributed by atoms with E-state index in [1.165, 1.54) is 12.1 Å². The highest BCUT2D eigenvalue weighted by atomic mass is 19.1. The summed E-state index contributed by atoms with van der Waals surface area (Å²) in [7, 11) is 2.16. The zero-order valence-corrected chi connectivity index (χ0v) is 23.6. The molecule has 3 saturated heterocycles. The predicted octanol–water partition coefficient (Wildman–Crippen LogP) is 5.03. The standard InChI is InChI=1S/C32H34F2N6O2/c1-39-16-32(17-39)18-40(19-32)25-3-4-26(29(15-25)35-24-6-8-42-9-7-24)31(41)36-30-27-13-20(2-5-28(27)37-38-30)10-21-11-22(33)14-23(34)12-21/h2-5,11-15,24,35H,6-10,16-19H2,1H3,(H2,36,37,38,41). The van der Waals surface area contributed by atoms with Gasteiger partial charge in [0.1, 0.15) is 11.6 Å². The van der Waals surface area contributed by atoms with Crippen LogP contribution in [-0.4, -0.2) is 73.5 Å². The van der Waals surface area contributed by atoms with Gasteiger partial charge in [0, 0.05) is 73.7 Å². The van der Waals surface area contributed by atoms with E-state index in [-0.39, 0.29) is 11.9 Å². The number of nitrogens with one attached hydrogen (secondary N) is 3. The number of carbonyl (C=O) groups excluding carboxylic acids is 1. The van der Waals surface area contributed by atoms with Gasteiger partial charge in [-0.1, -0.05) is 6.07 Å². The van der Waals surface area contributed by atoms with Crippen molar-refractivity contribution in [1.82, 2.24) is 15.1 Å². The van der Waals surface area contributed by atoms with Gasteiger partial charge in [-0.05, 0) is 79.9 Å². The molecule has 42 heavy (non-hydrogen) atoms. The van der Waals surface area contributed by atoms with Crippen LogP contribution in [-0.2, 0) is 11.2 Å². The zero-order chi connectivity index (χ0) is 28.8. The Morgan fingerprint density at radius 1 is 1.00 bits per heavy atom. The number of likely N-dealkylation sites (tertiary alicyclic amines) is 1. The fraction of sp³-hybridized carbons (Fsp3) is 0.375. The Kier molecular flexibility index (Phi) is 6.82. The lowest BCUT2D eigenvalue weighted by Gasteiger charge is -2.60. The van der Waals surface area contributed by atoms with E-state index < -0.39 is 11.6 Å². The monoisotopic (exact) mass is 572 g/mol. The molecule has 0 atom stereocenters. The van der Waals surface area contributed by atoms with E-state index in [1.54, 1.807) is 0 Å². The number of nitrogens with zero attached hydrogens (tertiary/aromatic N) is 3. The van der Waals surface area contributed by atoms with E-state index >= 15 is 0 Å². The molecule has 8 nitrogen and oxygen atoms in total. The van der Waals surface area contributed by atoms with Crippen molar-refractivity contribution >= 4 is 34.0 Å². The lowest BCUT2D eigenvalue weighted by Crippen LogP contribution is -2.71. The van der Waals surface area contributed by atoms with Crippen LogP contribution in [0.1, 0.15) is 34.3 Å². The first-order valence-electron chi connectivity index (χ1n) is 14.5. The molecule has 10 heteroatoms. The molecule has 1 aromatic heterocycles. The molecule has 3 aliphatic rings. The van der Waals surface area contributed by atoms with Crippen molar-refractivity contribution in [2.45, 2.75) is 25.3 Å². The lowest BCUT2D eigenvalue weighted by molar-refractivity contribution is -0.00238. The van der Waals surface area contributed by atoms with Gasteiger partial charge in [-0.15, -0.1) is 0 Å². The second-order valence-corrected chi connectivity index (χ2v) is 12.1. The van der Waals surface area contributed by atoms with Gasteiger partial charge in [0.15, 0.2) is 5.82 Å². The molecular weight excluding hydrogens is 538 g/mol. The normalized spacial score (nSPS) is 18.6. The predicted molar refractivity (Wildman–Crippen MR) is 159 cm³/mol. The summed E-state index contributed by atoms with van der Waals surface area (Å²) in [6.45, 7) is 5.73. The summed E-state index contributed by atoms with van der Waals surface area (Å²) in [6, 6.07) is 15.4. The Labute approximate surface area is 243 Å². The molecule has 3 aromatic carbocycles. The number of ether oxygens (including phenoxy) is 1. The van der Waals surface area contributed by atoms with Gasteiger partial charge < -0.3 is 25.2 Å². The van der Waals surface area contributed by atoms with E-state index in [2.05, 4.69) is 43.7 Å². The van der Waals surface area contributed by atoms with Crippen LogP contribution in [0.3, 0.4) is 0 Å². The second kappa shape index (κ2) is 10.7. The Balaban J connectivity index is 1.13. The maximum absolute atomic E-state index is 13.7. The zero-order valence-electron chi connectivity index (χ0n) is 23.6. The van der Waals surface area contributed by atoms with Crippen molar-refractivity contribution in [2.24, 2.45) is 5.41 Å². The fourth-order valence-corrected chi connectivity index (χ4v) is 6.74. The maximum atomic E-state index is 13.7. The van der Waals surface area contributed by atoms with E-state index in [1.807, 2.05) is 30.3 Å². The first-order valence-corrected chi connectivity index (χ1v) is 14.5. The van der Waals surface area contributed by atoms with Crippen LogP contribution in [0.4, 0.5) is 26.0 Å². The number of aromatic nitrogens is 2. The largest absolute Gasteiger partial charge is 0.381 e. The highest BCUT2D eigenvalue weighted by Crippen LogP contribution is 2.42. The van der Waals surface area contributed by atoms with Gasteiger partial charge >= 0.3 is 0 Å². The van der Waals surface area contributed by atoms with Crippen LogP contribution in [0.25, 0.3) is 10.9 Å². The molecule has 0 radical (unpaired) electrons. The summed E-state index contributed by atoms with van der Waals surface area (Å²) < 4.78 is 33.0. The topological polar surface area (TPSA) is 85.5 Å². The Bertz CT molecular complexity index is 1620. The molecule has 4 aromatic rings. The van der Waals surface area contributed by atoms with Gasteiger partial charge in [0.25, 0.3) is 5.91 Å². The molecule has 0 unspecified atom stereocenters. The van der Waals surface area contributed by atoms with Crippen molar-refractivity contribution < 1.29 is 18.3 Å². The van der Waals surface area contributed by atoms with Gasteiger partial charge in [0.2, 0.25) is 0 Å². The lowest BCUT2D eigenvalue weighted by atomic mass is 9.73. The van der Waals surface area contributed by atoms with Crippen LogP contribution in [0.2, 0.25) is 0 Å². The minimum Gasteiger partial charge on any atom is -0.381 e. The summed E-state index contributed by atoms with van der Waals surface area (Å²) in [5.74, 6) is -1.07. The minimum absolute atomic E-state index is 0.227. The highest BCUT2D eigenvalue weighted by Gasteiger charge is 2.50. The highest BCUT2D eigenvalue weighted by molar-refractivity contribution is 6.11. The Morgan fingerprint density at radius 3 is 2.50 bits per heavy atom. The number of fused-ring (bicyclic) bond motifs is 1. The number of benzene rings is 3. The van der Waals surface area contributed by atoms with Gasteiger partial charge in [0.05, 0.1) is 11.1 Å². The molecule has 3 N–H and O–H groups in total. The van der Waals surface area contributed by atoms with Gasteiger partial charge in [-0.25, -0.2) is 8.78 Å². The van der Waals surface area contributed by atoms with E-state index in [4.69, 9.17) is 4.74 Å². The molecule has 0 bridgehead atoms. The number of aromatic amines is 1. The number of anilines is 3. The summed E-state index contributed by atoms with van der Waals surface area (Å²) in [4.78, 5) is 18.4. The molecule has 1 amide bonds. The third kappa shape index (κ3) is 5.32. The molecule has 7 rings (SSSR count). The van der Waals surface area contributed by atoms with Crippen LogP contribution in [0.15, 0.2) is 54.6 Å². The number of H-pyrrole nitrogens is 1. The van der Waals surface area contributed by atoms with Crippen molar-refractivity contribution in [3.63, 3.8) is 0 Å². The smallest absolute Gasteiger partial charge is 0.258 e. The van der Waals surface area contributed by atoms with Crippen LogP contribution < -0.4 is 15.5 Å². The van der Waals surface area contributed by atoms with E-state index in [9.17, 15) is 13.6 Å². The van der Waals surface area contributed by atoms with Crippen LogP contribution in [0.5, 0.6) is 0 Å². The van der Waals surface area contributed by atoms with Crippen molar-refractivity contribution in [1.29, 1.82) is 0 Å². The summed E-state index contributed by atoms with van der Waals surface area (Å²) in [5, 5.41) is 14.7. The average Bonchev–Trinajstić information content (AvgIpc) is 3.31. The molecule has 1 spiro atoms. The van der Waals surface area contributed by atoms with Gasteiger partial charge in [-0.2, -0.15) is 5.10 Å². The summed E-state index contributed by atoms with van der Waals surface area (Å²) in [5.41, 5.74) is 5.00. The van der Waals surface area contributed by atoms with Crippen LogP contribution in [0, 0.1) is 17.0 Å². The molecular formula is C32H34F2N6O2. The third-order valence-electron chi connectivity index (χ3n) is 8.65. The quantitative estimate of drug-likeness (QED) is 0.288. The molecule has 3 fully saturated rings. The molecule has 0 aliphatic carbocycles. The number of halogens is 2. The maximum Gasteiger partial charge on any atom is 0.258 e. The molecule has 3 aliphatic heterocycles. The number of amides is 1. The number of rotatable bonds is 7. The molecule has 0 saturated carbocycles. The molecule has 4 heterocycles. The first kappa shape index (κ1) is 26.9. The Morgan fingerprint density at radius 2 is 1.76 bits per heavy atom. The average molecular weight is 573 g/mol. The number of hydrogen-bond donors (Lipinski definition) is 3. The second-order valence-electron chi connectivity index (χ2n) is 12.1. The summed E-state index contributed by atoms with van der Waals surface area (Å²) in [6.07, 6.45) is 2.11. The number of carbonyl (C=O) groups is 1. The van der Waals surface area contributed by atoms with E-state index in [0.29, 0.717) is 42.0 Å². The Hall–Kier alpha value is -4.02. The van der Waals surface area contributed by atoms with Crippen molar-refractivity contribution in [2.75, 3.05) is 62.0 Å². The summed E-state index contributed by atoms with van der Waals surface area (Å²) >= 11 is 0. The third-order valence-corrected chi connectivity index (χ3v) is 8.65. The van der Waals surface area contributed by atoms with Gasteiger partial charge in [-0.3, -0.25) is 9.89 Å². The number of hydrogen-bond acceptors (Lipinski definition) is 6. The minimum atomic E-state index is -0.609. The van der Waals surface area contributed by atoms with E-state index in [0.717, 1.165) is 72.9 Å². The van der Waals surface area contributed by atoms with Crippen molar-refractivity contribution in [3.05, 3.63) is 82.9 Å². The first-order chi connectivity index (χ1) is 20.3. The fourth-order valence-electron chi connectivity index (χ4n) is 6.74. The SMILES string of the molecule is CN1CC2(C1)CN(c1ccc(C(=O)Nc3n[nH]c4ccc(Cc5cc(F)cc(F)c5)cc34)c(NC3CCOCC3)c1)C2. The molecule has 218 valence electrons.